The number of carboxylic acid groups (broad SMARTS) is 2. The third-order valence-electron chi connectivity index (χ3n) is 8.26. The molecule has 0 spiro atoms. The van der Waals surface area contributed by atoms with Crippen LogP contribution < -0.4 is 10.6 Å². The van der Waals surface area contributed by atoms with Gasteiger partial charge >= 0.3 is 11.9 Å². The number of hydrogen-bond acceptors (Lipinski definition) is 10. The van der Waals surface area contributed by atoms with E-state index in [1.54, 1.807) is 0 Å². The standard InChI is InChI=1S/C36H50N4O10S2/c41-33(42)17-13-9-5-1-3-7-11-15-23-37-35(45)29-25-27(19-21-31(29)39(47)48)51-52-28-20-22-32(40(49)50)30(26-28)36(46)38-24-16-12-8-4-2-6-10-14-18-34(43)44/h19-22,25-26H,1-18,23-24H2,(H,37,45)(H,38,46)(H,41,42)(H,43,44). The van der Waals surface area contributed by atoms with Gasteiger partial charge in [-0.05, 0) is 49.9 Å². The van der Waals surface area contributed by atoms with Gasteiger partial charge in [0.05, 0.1) is 9.85 Å². The average molecular weight is 763 g/mol. The second-order valence-corrected chi connectivity index (χ2v) is 14.8. The van der Waals surface area contributed by atoms with E-state index in [1.165, 1.54) is 58.0 Å². The van der Waals surface area contributed by atoms with Gasteiger partial charge in [0.15, 0.2) is 0 Å². The Bertz CT molecular complexity index is 1380. The number of hydrogen-bond donors (Lipinski definition) is 4. The molecule has 52 heavy (non-hydrogen) atoms. The molecule has 0 fully saturated rings. The van der Waals surface area contributed by atoms with Crippen molar-refractivity contribution in [3.8, 4) is 0 Å². The summed E-state index contributed by atoms with van der Waals surface area (Å²) < 4.78 is 0. The molecular weight excluding hydrogens is 713 g/mol. The van der Waals surface area contributed by atoms with Gasteiger partial charge in [0.25, 0.3) is 23.2 Å². The van der Waals surface area contributed by atoms with E-state index in [1.807, 2.05) is 0 Å². The number of rotatable bonds is 29. The predicted octanol–water partition coefficient (Wildman–Crippen LogP) is 8.95. The average Bonchev–Trinajstić information content (AvgIpc) is 3.11. The van der Waals surface area contributed by atoms with Crippen LogP contribution in [0.4, 0.5) is 11.4 Å². The van der Waals surface area contributed by atoms with Crippen LogP contribution in [0.2, 0.25) is 0 Å². The zero-order valence-electron chi connectivity index (χ0n) is 29.5. The fourth-order valence-corrected chi connectivity index (χ4v) is 7.40. The summed E-state index contributed by atoms with van der Waals surface area (Å²) in [4.78, 5) is 70.2. The molecule has 0 aliphatic rings. The van der Waals surface area contributed by atoms with Crippen molar-refractivity contribution in [2.45, 2.75) is 125 Å². The summed E-state index contributed by atoms with van der Waals surface area (Å²) in [5, 5.41) is 46.2. The Morgan fingerprint density at radius 2 is 0.827 bits per heavy atom. The molecule has 2 amide bonds. The minimum absolute atomic E-state index is 0.0727. The summed E-state index contributed by atoms with van der Waals surface area (Å²) >= 11 is 0. The fourth-order valence-electron chi connectivity index (χ4n) is 5.43. The lowest BCUT2D eigenvalue weighted by atomic mass is 10.1. The summed E-state index contributed by atoms with van der Waals surface area (Å²) in [6, 6.07) is 8.46. The van der Waals surface area contributed by atoms with E-state index in [0.29, 0.717) is 35.7 Å². The van der Waals surface area contributed by atoms with Crippen molar-refractivity contribution in [2.24, 2.45) is 0 Å². The summed E-state index contributed by atoms with van der Waals surface area (Å²) in [5.74, 6) is -2.66. The number of carbonyl (C=O) groups is 4. The zero-order chi connectivity index (χ0) is 38.1. The van der Waals surface area contributed by atoms with Crippen LogP contribution in [0.3, 0.4) is 0 Å². The summed E-state index contributed by atoms with van der Waals surface area (Å²) in [6.45, 7) is 0.734. The smallest absolute Gasteiger partial charge is 0.303 e. The number of aliphatic carboxylic acids is 2. The molecule has 0 saturated heterocycles. The van der Waals surface area contributed by atoms with Crippen LogP contribution in [0, 0.1) is 20.2 Å². The van der Waals surface area contributed by atoms with Gasteiger partial charge in [0.2, 0.25) is 0 Å². The summed E-state index contributed by atoms with van der Waals surface area (Å²) in [5.41, 5.74) is -0.790. The van der Waals surface area contributed by atoms with Crippen molar-refractivity contribution in [3.63, 3.8) is 0 Å². The highest BCUT2D eigenvalue weighted by molar-refractivity contribution is 8.76. The van der Waals surface area contributed by atoms with E-state index in [0.717, 1.165) is 89.9 Å². The van der Waals surface area contributed by atoms with Crippen LogP contribution >= 0.6 is 21.6 Å². The maximum absolute atomic E-state index is 12.9. The number of carbonyl (C=O) groups excluding carboxylic acids is 2. The molecule has 286 valence electrons. The van der Waals surface area contributed by atoms with E-state index in [4.69, 9.17) is 10.2 Å². The predicted molar refractivity (Wildman–Crippen MR) is 201 cm³/mol. The van der Waals surface area contributed by atoms with Crippen LogP contribution in [0.5, 0.6) is 0 Å². The summed E-state index contributed by atoms with van der Waals surface area (Å²) in [6.07, 6.45) is 14.8. The highest BCUT2D eigenvalue weighted by Gasteiger charge is 2.23. The first-order valence-corrected chi connectivity index (χ1v) is 20.1. The second kappa shape index (κ2) is 25.7. The molecule has 0 aliphatic heterocycles. The Kier molecular flexibility index (Phi) is 21.8. The van der Waals surface area contributed by atoms with Gasteiger partial charge in [0.1, 0.15) is 11.1 Å². The molecule has 0 unspecified atom stereocenters. The van der Waals surface area contributed by atoms with Crippen LogP contribution in [-0.2, 0) is 9.59 Å². The Hall–Kier alpha value is -4.18. The van der Waals surface area contributed by atoms with Crippen LogP contribution in [0.25, 0.3) is 0 Å². The van der Waals surface area contributed by atoms with Crippen LogP contribution in [0.1, 0.15) is 136 Å². The van der Waals surface area contributed by atoms with Crippen LogP contribution in [0.15, 0.2) is 46.2 Å². The highest BCUT2D eigenvalue weighted by atomic mass is 33.1. The lowest BCUT2D eigenvalue weighted by Crippen LogP contribution is -2.25. The third kappa shape index (κ3) is 18.4. The third-order valence-corrected chi connectivity index (χ3v) is 10.6. The molecule has 4 N–H and O–H groups in total. The molecule has 2 aromatic rings. The monoisotopic (exact) mass is 762 g/mol. The number of nitrogens with one attached hydrogen (secondary N) is 2. The lowest BCUT2D eigenvalue weighted by molar-refractivity contribution is -0.385. The number of nitro benzene ring substituents is 2. The Morgan fingerprint density at radius 3 is 1.13 bits per heavy atom. The van der Waals surface area contributed by atoms with Crippen molar-refractivity contribution in [2.75, 3.05) is 13.1 Å². The topological polar surface area (TPSA) is 219 Å². The highest BCUT2D eigenvalue weighted by Crippen LogP contribution is 2.40. The number of carboxylic acids is 2. The van der Waals surface area contributed by atoms with E-state index in [-0.39, 0.29) is 35.3 Å². The van der Waals surface area contributed by atoms with E-state index < -0.39 is 33.6 Å². The molecule has 0 radical (unpaired) electrons. The minimum Gasteiger partial charge on any atom is -0.481 e. The van der Waals surface area contributed by atoms with Crippen molar-refractivity contribution < 1.29 is 39.2 Å². The number of benzene rings is 2. The number of unbranched alkanes of at least 4 members (excludes halogenated alkanes) is 14. The lowest BCUT2D eigenvalue weighted by Gasteiger charge is -2.09. The van der Waals surface area contributed by atoms with Gasteiger partial charge in [-0.2, -0.15) is 0 Å². The van der Waals surface area contributed by atoms with E-state index in [9.17, 15) is 39.4 Å². The minimum atomic E-state index is -0.772. The van der Waals surface area contributed by atoms with Gasteiger partial charge in [-0.15, -0.1) is 0 Å². The number of nitro groups is 2. The SMILES string of the molecule is O=C(O)CCCCCCCCCCNC(=O)c1cc(SSc2ccc([N+](=O)[O-])c(C(=O)NCCCCCCCCCCC(=O)O)c2)ccc1[N+](=O)[O-]. The maximum Gasteiger partial charge on any atom is 0.303 e. The molecule has 0 atom stereocenters. The number of nitrogens with zero attached hydrogens (tertiary/aromatic N) is 2. The Balaban J connectivity index is 1.84. The molecular formula is C36H50N4O10S2. The molecule has 2 aromatic carbocycles. The molecule has 0 aromatic heterocycles. The largest absolute Gasteiger partial charge is 0.481 e. The number of amides is 2. The van der Waals surface area contributed by atoms with Crippen molar-refractivity contribution in [3.05, 3.63) is 67.8 Å². The van der Waals surface area contributed by atoms with Gasteiger partial charge in [-0.3, -0.25) is 39.4 Å². The first-order chi connectivity index (χ1) is 25.0. The zero-order valence-corrected chi connectivity index (χ0v) is 31.1. The van der Waals surface area contributed by atoms with Crippen molar-refractivity contribution >= 4 is 56.7 Å². The maximum atomic E-state index is 12.9. The first-order valence-electron chi connectivity index (χ1n) is 17.9. The van der Waals surface area contributed by atoms with Gasteiger partial charge < -0.3 is 20.8 Å². The quantitative estimate of drug-likeness (QED) is 0.0264. The first kappa shape index (κ1) is 44.0. The van der Waals surface area contributed by atoms with Crippen molar-refractivity contribution in [1.82, 2.24) is 10.6 Å². The molecule has 0 bridgehead atoms. The normalized spacial score (nSPS) is 10.8. The van der Waals surface area contributed by atoms with Crippen LogP contribution in [-0.4, -0.2) is 56.9 Å². The molecule has 0 aliphatic carbocycles. The molecule has 14 nitrogen and oxygen atoms in total. The van der Waals surface area contributed by atoms with E-state index >= 15 is 0 Å². The molecule has 0 saturated carbocycles. The van der Waals surface area contributed by atoms with E-state index in [2.05, 4.69) is 10.6 Å². The molecule has 16 heteroatoms. The van der Waals surface area contributed by atoms with Crippen molar-refractivity contribution in [1.29, 1.82) is 0 Å². The van der Waals surface area contributed by atoms with Gasteiger partial charge in [-0.1, -0.05) is 98.6 Å². The fraction of sp³-hybridized carbons (Fsp3) is 0.556. The van der Waals surface area contributed by atoms with Gasteiger partial charge in [-0.25, -0.2) is 0 Å². The second-order valence-electron chi connectivity index (χ2n) is 12.5. The van der Waals surface area contributed by atoms with Gasteiger partial charge in [0, 0.05) is 47.9 Å². The summed E-state index contributed by atoms with van der Waals surface area (Å²) in [7, 11) is 2.40. The Labute approximate surface area is 312 Å². The molecule has 2 rings (SSSR count). The Morgan fingerprint density at radius 1 is 0.519 bits per heavy atom. The molecule has 0 heterocycles.